The van der Waals surface area contributed by atoms with Gasteiger partial charge in [-0.05, 0) is 19.3 Å². The third kappa shape index (κ3) is 8.77. The van der Waals surface area contributed by atoms with Gasteiger partial charge >= 0.3 is 5.97 Å². The fourth-order valence-electron chi connectivity index (χ4n) is 1.99. The predicted molar refractivity (Wildman–Crippen MR) is 97.4 cm³/mol. The highest BCUT2D eigenvalue weighted by molar-refractivity contribution is 5.94. The second-order valence-corrected chi connectivity index (χ2v) is 6.65. The minimum absolute atomic E-state index is 0.157. The molecule has 12 nitrogen and oxygen atoms in total. The number of aliphatic hydroxyl groups excluding tert-OH is 1. The van der Waals surface area contributed by atoms with E-state index in [4.69, 9.17) is 21.7 Å². The Morgan fingerprint density at radius 3 is 1.86 bits per heavy atom. The lowest BCUT2D eigenvalue weighted by Gasteiger charge is -2.23. The molecule has 0 fully saturated rings. The molecule has 0 radical (unpaired) electrons. The van der Waals surface area contributed by atoms with Crippen LogP contribution >= 0.6 is 0 Å². The zero-order valence-corrected chi connectivity index (χ0v) is 16.1. The monoisotopic (exact) mass is 403 g/mol. The lowest BCUT2D eigenvalue weighted by molar-refractivity contribution is -0.143. The van der Waals surface area contributed by atoms with Crippen molar-refractivity contribution in [1.29, 1.82) is 0 Å². The molecule has 0 spiro atoms. The molecule has 4 unspecified atom stereocenters. The number of nitrogens with two attached hydrogens (primary N) is 2. The van der Waals surface area contributed by atoms with Crippen LogP contribution in [0, 0.1) is 5.92 Å². The molecule has 4 amide bonds. The lowest BCUT2D eigenvalue weighted by Crippen LogP contribution is -2.57. The van der Waals surface area contributed by atoms with Gasteiger partial charge in [-0.25, -0.2) is 4.79 Å². The number of amides is 4. The maximum Gasteiger partial charge on any atom is 0.328 e. The van der Waals surface area contributed by atoms with Gasteiger partial charge in [0.15, 0.2) is 0 Å². The molecule has 0 aromatic carbocycles. The van der Waals surface area contributed by atoms with Gasteiger partial charge < -0.3 is 37.6 Å². The van der Waals surface area contributed by atoms with Crippen molar-refractivity contribution in [3.8, 4) is 0 Å². The van der Waals surface area contributed by atoms with E-state index in [1.54, 1.807) is 13.8 Å². The molecule has 12 heteroatoms. The van der Waals surface area contributed by atoms with Crippen LogP contribution < -0.4 is 27.4 Å². The Morgan fingerprint density at radius 1 is 0.893 bits per heavy atom. The first kappa shape index (κ1) is 25.3. The highest BCUT2D eigenvalue weighted by atomic mass is 16.4. The Hall–Kier alpha value is -2.73. The number of rotatable bonds is 12. The number of carbonyl (C=O) groups is 5. The summed E-state index contributed by atoms with van der Waals surface area (Å²) in [6.45, 7) is 3.98. The van der Waals surface area contributed by atoms with Crippen LogP contribution in [-0.4, -0.2) is 70.6 Å². The van der Waals surface area contributed by atoms with E-state index in [9.17, 15) is 24.0 Å². The molecule has 0 bridgehead atoms. The molecule has 0 saturated heterocycles. The normalized spacial score (nSPS) is 15.1. The molecular formula is C16H29N5O7. The van der Waals surface area contributed by atoms with E-state index in [-0.39, 0.29) is 18.8 Å². The van der Waals surface area contributed by atoms with E-state index >= 15 is 0 Å². The van der Waals surface area contributed by atoms with Gasteiger partial charge in [-0.2, -0.15) is 0 Å². The molecule has 0 aliphatic rings. The molecule has 0 saturated carbocycles. The van der Waals surface area contributed by atoms with Crippen molar-refractivity contribution in [3.63, 3.8) is 0 Å². The number of aliphatic hydroxyl groups is 1. The van der Waals surface area contributed by atoms with Gasteiger partial charge in [0, 0.05) is 6.42 Å². The standard InChI is InChI=1S/C16H29N5O7/c1-7(2)12(18)15(26)19-8(3)13(24)20-9(4-5-11(17)23)14(25)21-10(6-22)16(27)28/h7-10,12,22H,4-6,18H2,1-3H3,(H2,17,23)(H,19,26)(H,20,24)(H,21,25)(H,27,28). The average molecular weight is 403 g/mol. The zero-order valence-electron chi connectivity index (χ0n) is 16.1. The summed E-state index contributed by atoms with van der Waals surface area (Å²) in [5.74, 6) is -4.58. The van der Waals surface area contributed by atoms with Gasteiger partial charge in [0.25, 0.3) is 0 Å². The van der Waals surface area contributed by atoms with Crippen molar-refractivity contribution in [3.05, 3.63) is 0 Å². The van der Waals surface area contributed by atoms with Crippen molar-refractivity contribution < 1.29 is 34.2 Å². The highest BCUT2D eigenvalue weighted by Gasteiger charge is 2.29. The van der Waals surface area contributed by atoms with Crippen LogP contribution in [0.2, 0.25) is 0 Å². The number of carboxylic acids is 1. The SMILES string of the molecule is CC(NC(=O)C(N)C(C)C)C(=O)NC(CCC(N)=O)C(=O)NC(CO)C(=O)O. The number of hydrogen-bond acceptors (Lipinski definition) is 7. The molecule has 0 aromatic rings. The summed E-state index contributed by atoms with van der Waals surface area (Å²) >= 11 is 0. The van der Waals surface area contributed by atoms with Gasteiger partial charge in [-0.1, -0.05) is 13.8 Å². The molecule has 4 atom stereocenters. The van der Waals surface area contributed by atoms with Crippen molar-refractivity contribution in [2.45, 2.75) is 57.8 Å². The fraction of sp³-hybridized carbons (Fsp3) is 0.688. The maximum absolute atomic E-state index is 12.3. The molecule has 9 N–H and O–H groups in total. The Morgan fingerprint density at radius 2 is 1.43 bits per heavy atom. The number of aliphatic carboxylic acids is 1. The van der Waals surface area contributed by atoms with Crippen molar-refractivity contribution >= 4 is 29.6 Å². The second kappa shape index (κ2) is 11.9. The zero-order chi connectivity index (χ0) is 22.0. The molecule has 160 valence electrons. The summed E-state index contributed by atoms with van der Waals surface area (Å²) in [7, 11) is 0. The van der Waals surface area contributed by atoms with Crippen LogP contribution in [0.15, 0.2) is 0 Å². The van der Waals surface area contributed by atoms with E-state index in [2.05, 4.69) is 10.6 Å². The topological polar surface area (TPSA) is 214 Å². The van der Waals surface area contributed by atoms with E-state index in [0.717, 1.165) is 0 Å². The van der Waals surface area contributed by atoms with E-state index in [0.29, 0.717) is 0 Å². The summed E-state index contributed by atoms with van der Waals surface area (Å²) in [6, 6.07) is -4.76. The Kier molecular flexibility index (Phi) is 10.7. The number of carboxylic acid groups (broad SMARTS) is 1. The van der Waals surface area contributed by atoms with E-state index in [1.165, 1.54) is 6.92 Å². The number of carbonyl (C=O) groups excluding carboxylic acids is 4. The van der Waals surface area contributed by atoms with Crippen LogP contribution in [0.5, 0.6) is 0 Å². The first-order chi connectivity index (χ1) is 12.9. The summed E-state index contributed by atoms with van der Waals surface area (Å²) < 4.78 is 0. The third-order valence-corrected chi connectivity index (χ3v) is 3.88. The fourth-order valence-corrected chi connectivity index (χ4v) is 1.99. The smallest absolute Gasteiger partial charge is 0.328 e. The first-order valence-electron chi connectivity index (χ1n) is 8.69. The minimum atomic E-state index is -1.58. The first-order valence-corrected chi connectivity index (χ1v) is 8.69. The van der Waals surface area contributed by atoms with Gasteiger partial charge in [-0.15, -0.1) is 0 Å². The third-order valence-electron chi connectivity index (χ3n) is 3.88. The number of nitrogens with one attached hydrogen (secondary N) is 3. The van der Waals surface area contributed by atoms with Gasteiger partial charge in [0.1, 0.15) is 18.1 Å². The van der Waals surface area contributed by atoms with Crippen molar-refractivity contribution in [1.82, 2.24) is 16.0 Å². The lowest BCUT2D eigenvalue weighted by atomic mass is 10.0. The summed E-state index contributed by atoms with van der Waals surface area (Å²) in [5, 5.41) is 24.7. The van der Waals surface area contributed by atoms with Crippen molar-refractivity contribution in [2.75, 3.05) is 6.61 Å². The highest BCUT2D eigenvalue weighted by Crippen LogP contribution is 2.02. The summed E-state index contributed by atoms with van der Waals surface area (Å²) in [5.41, 5.74) is 10.7. The Balaban J connectivity index is 5.08. The van der Waals surface area contributed by atoms with Crippen LogP contribution in [-0.2, 0) is 24.0 Å². The summed E-state index contributed by atoms with van der Waals surface area (Å²) in [6.07, 6.45) is -0.453. The molecule has 0 aliphatic heterocycles. The Bertz CT molecular complexity index is 596. The van der Waals surface area contributed by atoms with Gasteiger partial charge in [0.05, 0.1) is 12.6 Å². The molecule has 0 aliphatic carbocycles. The second-order valence-electron chi connectivity index (χ2n) is 6.65. The van der Waals surface area contributed by atoms with Crippen LogP contribution in [0.4, 0.5) is 0 Å². The van der Waals surface area contributed by atoms with Crippen molar-refractivity contribution in [2.24, 2.45) is 17.4 Å². The van der Waals surface area contributed by atoms with Gasteiger partial charge in [-0.3, -0.25) is 19.2 Å². The van der Waals surface area contributed by atoms with Crippen LogP contribution in [0.3, 0.4) is 0 Å². The largest absolute Gasteiger partial charge is 0.480 e. The predicted octanol–water partition coefficient (Wildman–Crippen LogP) is -3.21. The Labute approximate surface area is 162 Å². The molecular weight excluding hydrogens is 374 g/mol. The number of primary amides is 1. The summed E-state index contributed by atoms with van der Waals surface area (Å²) in [4.78, 5) is 58.4. The molecule has 0 heterocycles. The quantitative estimate of drug-likeness (QED) is 0.175. The van der Waals surface area contributed by atoms with Crippen LogP contribution in [0.1, 0.15) is 33.6 Å². The minimum Gasteiger partial charge on any atom is -0.480 e. The number of hydrogen-bond donors (Lipinski definition) is 7. The maximum atomic E-state index is 12.3. The molecule has 28 heavy (non-hydrogen) atoms. The molecule has 0 aromatic heterocycles. The van der Waals surface area contributed by atoms with E-state index in [1.807, 2.05) is 5.32 Å². The van der Waals surface area contributed by atoms with E-state index < -0.39 is 60.4 Å². The molecule has 0 rings (SSSR count). The van der Waals surface area contributed by atoms with Crippen LogP contribution in [0.25, 0.3) is 0 Å². The van der Waals surface area contributed by atoms with Gasteiger partial charge in [0.2, 0.25) is 23.6 Å². The average Bonchev–Trinajstić information content (AvgIpc) is 2.60.